The minimum atomic E-state index is -1.66. The number of hydrogen-bond donors (Lipinski definition) is 1. The van der Waals surface area contributed by atoms with Crippen LogP contribution in [0.4, 0.5) is 0 Å². The molecule has 0 unspecified atom stereocenters. The summed E-state index contributed by atoms with van der Waals surface area (Å²) >= 11 is 0. The molecular formula is C26H31N5O2. The van der Waals surface area contributed by atoms with Crippen LogP contribution >= 0.6 is 0 Å². The molecule has 1 aromatic rings. The molecule has 0 amide bonds. The zero-order valence-electron chi connectivity index (χ0n) is 19.8. The molecule has 33 heavy (non-hydrogen) atoms. The Morgan fingerprint density at radius 3 is 2.48 bits per heavy atom. The summed E-state index contributed by atoms with van der Waals surface area (Å²) in [6, 6.07) is 12.1. The molecule has 1 aliphatic heterocycles. The monoisotopic (exact) mass is 445 g/mol. The maximum Gasteiger partial charge on any atom is 0.191 e. The highest BCUT2D eigenvalue weighted by molar-refractivity contribution is 5.60. The normalized spacial score (nSPS) is 21.9. The molecule has 2 atom stereocenters. The van der Waals surface area contributed by atoms with Gasteiger partial charge in [0.1, 0.15) is 6.07 Å². The molecule has 0 aromatic heterocycles. The smallest absolute Gasteiger partial charge is 0.191 e. The number of nitrogens with zero attached hydrogens (tertiary/aromatic N) is 4. The summed E-state index contributed by atoms with van der Waals surface area (Å²) in [5, 5.41) is 30.4. The van der Waals surface area contributed by atoms with Gasteiger partial charge < -0.3 is 15.2 Å². The van der Waals surface area contributed by atoms with Gasteiger partial charge in [0.05, 0.1) is 36.1 Å². The van der Waals surface area contributed by atoms with Crippen LogP contribution in [0.1, 0.15) is 45.6 Å². The molecular weight excluding hydrogens is 414 g/mol. The van der Waals surface area contributed by atoms with Gasteiger partial charge in [-0.05, 0) is 57.0 Å². The van der Waals surface area contributed by atoms with Crippen LogP contribution in [0.15, 0.2) is 41.1 Å². The van der Waals surface area contributed by atoms with E-state index < -0.39 is 11.3 Å². The second-order valence-electron chi connectivity index (χ2n) is 8.74. The third-order valence-corrected chi connectivity index (χ3v) is 6.27. The standard InChI is InChI=1S/C26H31N5O2/c1-5-10-31-11-9-19-20(13-27)25(30)26(15-28,16-29)24(21(19)14-31)18-7-8-22(33-17(3)4)23(12-18)32-6-2/h7-9,12,17,21,24H,5-6,10-11,14,30H2,1-4H3/t21-,24+/m1/s1. The van der Waals surface area contributed by atoms with Crippen LogP contribution in [-0.4, -0.2) is 37.2 Å². The molecule has 0 fully saturated rings. The van der Waals surface area contributed by atoms with Crippen LogP contribution in [0, 0.1) is 45.3 Å². The van der Waals surface area contributed by atoms with Gasteiger partial charge in [-0.3, -0.25) is 4.90 Å². The maximum absolute atomic E-state index is 10.3. The minimum Gasteiger partial charge on any atom is -0.490 e. The molecule has 0 spiro atoms. The van der Waals surface area contributed by atoms with Gasteiger partial charge in [-0.25, -0.2) is 0 Å². The summed E-state index contributed by atoms with van der Waals surface area (Å²) in [7, 11) is 0. The SMILES string of the molecule is CCCN1CC=C2C(C#N)=C(N)C(C#N)(C#N)[C@@H](c3ccc(OC(C)C)c(OCC)c3)[C@@H]2C1. The van der Waals surface area contributed by atoms with Crippen molar-refractivity contribution in [3.63, 3.8) is 0 Å². The Bertz CT molecular complexity index is 1070. The number of allylic oxidation sites excluding steroid dienone is 2. The number of fused-ring (bicyclic) bond motifs is 1. The number of hydrogen-bond acceptors (Lipinski definition) is 7. The van der Waals surface area contributed by atoms with E-state index in [9.17, 15) is 15.8 Å². The van der Waals surface area contributed by atoms with Gasteiger partial charge in [0.25, 0.3) is 0 Å². The fourth-order valence-electron chi connectivity index (χ4n) is 4.95. The van der Waals surface area contributed by atoms with Gasteiger partial charge in [-0.15, -0.1) is 0 Å². The summed E-state index contributed by atoms with van der Waals surface area (Å²) in [5.74, 6) is 0.397. The van der Waals surface area contributed by atoms with E-state index in [0.29, 0.717) is 31.2 Å². The summed E-state index contributed by atoms with van der Waals surface area (Å²) in [5.41, 5.74) is 6.65. The number of nitrogens with two attached hydrogens (primary N) is 1. The van der Waals surface area contributed by atoms with Crippen LogP contribution in [0.25, 0.3) is 0 Å². The van der Waals surface area contributed by atoms with Crippen molar-refractivity contribution < 1.29 is 9.47 Å². The van der Waals surface area contributed by atoms with Crippen molar-refractivity contribution >= 4 is 0 Å². The van der Waals surface area contributed by atoms with Crippen molar-refractivity contribution in [1.29, 1.82) is 15.8 Å². The molecule has 7 nitrogen and oxygen atoms in total. The Labute approximate surface area is 196 Å². The van der Waals surface area contributed by atoms with Crippen molar-refractivity contribution in [2.75, 3.05) is 26.2 Å². The average Bonchev–Trinajstić information content (AvgIpc) is 2.80. The lowest BCUT2D eigenvalue weighted by atomic mass is 9.58. The van der Waals surface area contributed by atoms with E-state index in [4.69, 9.17) is 15.2 Å². The molecule has 1 aliphatic carbocycles. The molecule has 2 aliphatic rings. The molecule has 0 saturated carbocycles. The van der Waals surface area contributed by atoms with Crippen LogP contribution in [-0.2, 0) is 0 Å². The van der Waals surface area contributed by atoms with Crippen molar-refractivity contribution in [1.82, 2.24) is 4.90 Å². The maximum atomic E-state index is 10.3. The van der Waals surface area contributed by atoms with Crippen molar-refractivity contribution in [2.45, 2.75) is 46.1 Å². The van der Waals surface area contributed by atoms with E-state index in [1.165, 1.54) is 0 Å². The third-order valence-electron chi connectivity index (χ3n) is 6.27. The van der Waals surface area contributed by atoms with Crippen LogP contribution in [0.3, 0.4) is 0 Å². The fourth-order valence-corrected chi connectivity index (χ4v) is 4.95. The Morgan fingerprint density at radius 2 is 1.91 bits per heavy atom. The molecule has 0 bridgehead atoms. The molecule has 3 rings (SSSR count). The third kappa shape index (κ3) is 4.28. The van der Waals surface area contributed by atoms with E-state index in [2.05, 4.69) is 30.0 Å². The minimum absolute atomic E-state index is 0.0331. The highest BCUT2D eigenvalue weighted by Gasteiger charge is 2.54. The lowest BCUT2D eigenvalue weighted by molar-refractivity contribution is 0.206. The van der Waals surface area contributed by atoms with Gasteiger partial charge in [0, 0.05) is 24.9 Å². The Kier molecular flexibility index (Phi) is 7.32. The molecule has 0 saturated heterocycles. The predicted octanol–water partition coefficient (Wildman–Crippen LogP) is 4.01. The fraction of sp³-hybridized carbons (Fsp3) is 0.500. The number of benzene rings is 1. The molecule has 7 heteroatoms. The first kappa shape index (κ1) is 24.2. The number of ether oxygens (including phenoxy) is 2. The summed E-state index contributed by atoms with van der Waals surface area (Å²) < 4.78 is 11.8. The van der Waals surface area contributed by atoms with Crippen LogP contribution < -0.4 is 15.2 Å². The van der Waals surface area contributed by atoms with Gasteiger partial charge in [0.15, 0.2) is 16.9 Å². The van der Waals surface area contributed by atoms with E-state index in [0.717, 1.165) is 24.1 Å². The Hall–Kier alpha value is -3.47. The molecule has 1 heterocycles. The second-order valence-corrected chi connectivity index (χ2v) is 8.74. The quantitative estimate of drug-likeness (QED) is 0.673. The summed E-state index contributed by atoms with van der Waals surface area (Å²) in [6.45, 7) is 10.6. The molecule has 172 valence electrons. The molecule has 0 radical (unpaired) electrons. The number of rotatable bonds is 7. The Morgan fingerprint density at radius 1 is 1.18 bits per heavy atom. The van der Waals surface area contributed by atoms with Crippen molar-refractivity contribution in [3.8, 4) is 29.7 Å². The lowest BCUT2D eigenvalue weighted by Crippen LogP contribution is -2.48. The van der Waals surface area contributed by atoms with Gasteiger partial charge in [-0.2, -0.15) is 15.8 Å². The summed E-state index contributed by atoms with van der Waals surface area (Å²) in [4.78, 5) is 2.29. The highest BCUT2D eigenvalue weighted by Crippen LogP contribution is 2.54. The first-order valence-corrected chi connectivity index (χ1v) is 11.5. The summed E-state index contributed by atoms with van der Waals surface area (Å²) in [6.07, 6.45) is 2.98. The van der Waals surface area contributed by atoms with Crippen molar-refractivity contribution in [2.24, 2.45) is 17.1 Å². The zero-order valence-corrected chi connectivity index (χ0v) is 19.8. The first-order chi connectivity index (χ1) is 15.9. The predicted molar refractivity (Wildman–Crippen MR) is 125 cm³/mol. The topological polar surface area (TPSA) is 119 Å². The lowest BCUT2D eigenvalue weighted by Gasteiger charge is -2.45. The van der Waals surface area contributed by atoms with E-state index in [-0.39, 0.29) is 23.3 Å². The largest absolute Gasteiger partial charge is 0.490 e. The second kappa shape index (κ2) is 9.99. The van der Waals surface area contributed by atoms with Gasteiger partial charge >= 0.3 is 0 Å². The van der Waals surface area contributed by atoms with Gasteiger partial charge in [0.2, 0.25) is 0 Å². The molecule has 2 N–H and O–H groups in total. The van der Waals surface area contributed by atoms with Crippen LogP contribution in [0.2, 0.25) is 0 Å². The average molecular weight is 446 g/mol. The van der Waals surface area contributed by atoms with E-state index in [1.54, 1.807) is 0 Å². The number of nitriles is 3. The van der Waals surface area contributed by atoms with E-state index >= 15 is 0 Å². The van der Waals surface area contributed by atoms with Crippen molar-refractivity contribution in [3.05, 3.63) is 46.7 Å². The molecule has 1 aromatic carbocycles. The zero-order chi connectivity index (χ0) is 24.2. The Balaban J connectivity index is 2.24. The van der Waals surface area contributed by atoms with Crippen LogP contribution in [0.5, 0.6) is 11.5 Å². The van der Waals surface area contributed by atoms with E-state index in [1.807, 2.05) is 45.0 Å². The highest BCUT2D eigenvalue weighted by atomic mass is 16.5. The van der Waals surface area contributed by atoms with Gasteiger partial charge in [-0.1, -0.05) is 19.1 Å². The first-order valence-electron chi connectivity index (χ1n) is 11.5.